The smallest absolute Gasteiger partial charge is 0.253 e. The van der Waals surface area contributed by atoms with Gasteiger partial charge in [0.25, 0.3) is 5.56 Å². The van der Waals surface area contributed by atoms with E-state index in [-0.39, 0.29) is 11.4 Å². The molecule has 0 saturated heterocycles. The Kier molecular flexibility index (Phi) is 3.30. The van der Waals surface area contributed by atoms with Crippen LogP contribution in [0.25, 0.3) is 10.9 Å². The Hall–Kier alpha value is -2.85. The molecule has 0 saturated carbocycles. The Bertz CT molecular complexity index is 929. The molecule has 2 heterocycles. The molecule has 0 aliphatic heterocycles. The second-order valence-electron chi connectivity index (χ2n) is 4.22. The van der Waals surface area contributed by atoms with Crippen molar-refractivity contribution >= 4 is 28.5 Å². The summed E-state index contributed by atoms with van der Waals surface area (Å²) in [5.41, 5.74) is 6.39. The molecule has 102 valence electrons. The zero-order valence-electron chi connectivity index (χ0n) is 10.7. The van der Waals surface area contributed by atoms with Gasteiger partial charge in [-0.3, -0.25) is 4.79 Å². The van der Waals surface area contributed by atoms with E-state index in [0.29, 0.717) is 15.7 Å². The van der Waals surface area contributed by atoms with Gasteiger partial charge in [-0.2, -0.15) is 5.26 Å². The molecule has 0 fully saturated rings. The second kappa shape index (κ2) is 5.26. The molecule has 1 aromatic carbocycles. The van der Waals surface area contributed by atoms with Crippen molar-refractivity contribution in [2.45, 2.75) is 10.2 Å². The maximum Gasteiger partial charge on any atom is 0.253 e. The number of rotatable bonds is 2. The Balaban J connectivity index is 2.11. The molecule has 0 aliphatic carbocycles. The van der Waals surface area contributed by atoms with Gasteiger partial charge in [0.2, 0.25) is 0 Å². The van der Waals surface area contributed by atoms with Crippen molar-refractivity contribution in [2.75, 3.05) is 5.73 Å². The standard InChI is InChI=1S/C14H9N5OS/c15-7-9-5-8-3-1-2-4-10(8)17-13(9)21-14-18-11(16)6-12(20)19-14/h1-6H,(H3,16,18,19,20). The molecular formula is C14H9N5OS. The van der Waals surface area contributed by atoms with E-state index in [1.165, 1.54) is 6.07 Å². The zero-order valence-corrected chi connectivity index (χ0v) is 11.5. The van der Waals surface area contributed by atoms with Crippen molar-refractivity contribution in [1.29, 1.82) is 5.26 Å². The first-order valence-corrected chi connectivity index (χ1v) is 6.82. The van der Waals surface area contributed by atoms with Crippen molar-refractivity contribution in [2.24, 2.45) is 0 Å². The predicted octanol–water partition coefficient (Wildman–Crippen LogP) is 1.92. The summed E-state index contributed by atoms with van der Waals surface area (Å²) in [6.45, 7) is 0. The molecule has 0 spiro atoms. The molecule has 7 heteroatoms. The first-order valence-electron chi connectivity index (χ1n) is 6.00. The number of benzene rings is 1. The number of para-hydroxylation sites is 1. The van der Waals surface area contributed by atoms with Crippen LogP contribution in [-0.4, -0.2) is 15.0 Å². The van der Waals surface area contributed by atoms with Crippen molar-refractivity contribution < 1.29 is 0 Å². The lowest BCUT2D eigenvalue weighted by Gasteiger charge is -2.05. The van der Waals surface area contributed by atoms with Crippen LogP contribution in [0, 0.1) is 11.3 Å². The largest absolute Gasteiger partial charge is 0.383 e. The summed E-state index contributed by atoms with van der Waals surface area (Å²) in [6.07, 6.45) is 0. The number of aromatic nitrogens is 3. The maximum absolute atomic E-state index is 11.4. The lowest BCUT2D eigenvalue weighted by molar-refractivity contribution is 0.941. The van der Waals surface area contributed by atoms with Crippen LogP contribution in [0.1, 0.15) is 5.56 Å². The van der Waals surface area contributed by atoms with Gasteiger partial charge < -0.3 is 10.7 Å². The quantitative estimate of drug-likeness (QED) is 0.699. The number of anilines is 1. The number of hydrogen-bond donors (Lipinski definition) is 2. The van der Waals surface area contributed by atoms with E-state index in [1.54, 1.807) is 6.07 Å². The molecule has 0 unspecified atom stereocenters. The highest BCUT2D eigenvalue weighted by Gasteiger charge is 2.10. The van der Waals surface area contributed by atoms with Crippen molar-refractivity contribution in [3.05, 3.63) is 52.3 Å². The minimum absolute atomic E-state index is 0.126. The van der Waals surface area contributed by atoms with E-state index in [4.69, 9.17) is 5.73 Å². The number of pyridine rings is 1. The minimum Gasteiger partial charge on any atom is -0.383 e. The van der Waals surface area contributed by atoms with E-state index in [9.17, 15) is 10.1 Å². The van der Waals surface area contributed by atoms with Gasteiger partial charge in [0.05, 0.1) is 11.1 Å². The van der Waals surface area contributed by atoms with Crippen LogP contribution in [-0.2, 0) is 0 Å². The lowest BCUT2D eigenvalue weighted by Crippen LogP contribution is -2.09. The average Bonchev–Trinajstić information content (AvgIpc) is 2.45. The molecule has 6 nitrogen and oxygen atoms in total. The highest BCUT2D eigenvalue weighted by molar-refractivity contribution is 7.99. The monoisotopic (exact) mass is 295 g/mol. The van der Waals surface area contributed by atoms with Crippen LogP contribution >= 0.6 is 11.8 Å². The van der Waals surface area contributed by atoms with Crippen molar-refractivity contribution in [1.82, 2.24) is 15.0 Å². The number of fused-ring (bicyclic) bond motifs is 1. The fraction of sp³-hybridized carbons (Fsp3) is 0. The van der Waals surface area contributed by atoms with Gasteiger partial charge in [-0.15, -0.1) is 0 Å². The molecule has 3 N–H and O–H groups in total. The third-order valence-electron chi connectivity index (χ3n) is 2.74. The fourth-order valence-corrected chi connectivity index (χ4v) is 2.69. The van der Waals surface area contributed by atoms with Crippen molar-refractivity contribution in [3.8, 4) is 6.07 Å². The lowest BCUT2D eigenvalue weighted by atomic mass is 10.2. The molecule has 0 radical (unpaired) electrons. The summed E-state index contributed by atoms with van der Waals surface area (Å²) >= 11 is 1.10. The van der Waals surface area contributed by atoms with E-state index in [2.05, 4.69) is 21.0 Å². The van der Waals surface area contributed by atoms with Crippen LogP contribution in [0.3, 0.4) is 0 Å². The van der Waals surface area contributed by atoms with Gasteiger partial charge in [0.15, 0.2) is 5.16 Å². The molecule has 0 atom stereocenters. The van der Waals surface area contributed by atoms with Gasteiger partial charge in [-0.1, -0.05) is 18.2 Å². The molecule has 3 aromatic rings. The van der Waals surface area contributed by atoms with E-state index >= 15 is 0 Å². The number of nitrogens with zero attached hydrogens (tertiary/aromatic N) is 3. The molecule has 0 bridgehead atoms. The number of nitrogens with one attached hydrogen (secondary N) is 1. The van der Waals surface area contributed by atoms with Crippen LogP contribution in [0.2, 0.25) is 0 Å². The fourth-order valence-electron chi connectivity index (χ4n) is 1.85. The van der Waals surface area contributed by atoms with Crippen LogP contribution in [0.5, 0.6) is 0 Å². The highest BCUT2D eigenvalue weighted by atomic mass is 32.2. The number of H-pyrrole nitrogens is 1. The summed E-state index contributed by atoms with van der Waals surface area (Å²) in [4.78, 5) is 22.4. The zero-order chi connectivity index (χ0) is 14.8. The Morgan fingerprint density at radius 3 is 2.81 bits per heavy atom. The van der Waals surface area contributed by atoms with Crippen LogP contribution in [0.4, 0.5) is 5.82 Å². The molecule has 0 aliphatic rings. The third-order valence-corrected chi connectivity index (χ3v) is 3.63. The summed E-state index contributed by atoms with van der Waals surface area (Å²) in [5.74, 6) is 0.126. The van der Waals surface area contributed by atoms with E-state index < -0.39 is 0 Å². The number of nitriles is 1. The normalized spacial score (nSPS) is 10.4. The third kappa shape index (κ3) is 2.70. The summed E-state index contributed by atoms with van der Waals surface area (Å²) in [5, 5.41) is 10.9. The Morgan fingerprint density at radius 2 is 2.05 bits per heavy atom. The van der Waals surface area contributed by atoms with Crippen molar-refractivity contribution in [3.63, 3.8) is 0 Å². The summed E-state index contributed by atoms with van der Waals surface area (Å²) in [6, 6.07) is 12.6. The Morgan fingerprint density at radius 1 is 1.24 bits per heavy atom. The van der Waals surface area contributed by atoms with Gasteiger partial charge >= 0.3 is 0 Å². The van der Waals surface area contributed by atoms with Gasteiger partial charge in [0, 0.05) is 11.5 Å². The SMILES string of the molecule is N#Cc1cc2ccccc2nc1Sc1nc(N)cc(=O)[nH]1. The first kappa shape index (κ1) is 13.1. The number of hydrogen-bond acceptors (Lipinski definition) is 6. The topological polar surface area (TPSA) is 108 Å². The first-order chi connectivity index (χ1) is 10.2. The Labute approximate surface area is 123 Å². The molecule has 0 amide bonds. The van der Waals surface area contributed by atoms with Crippen LogP contribution < -0.4 is 11.3 Å². The second-order valence-corrected chi connectivity index (χ2v) is 5.20. The highest BCUT2D eigenvalue weighted by Crippen LogP contribution is 2.28. The minimum atomic E-state index is -0.343. The molecular weight excluding hydrogens is 286 g/mol. The van der Waals surface area contributed by atoms with Gasteiger partial charge in [-0.25, -0.2) is 9.97 Å². The van der Waals surface area contributed by atoms with E-state index in [0.717, 1.165) is 22.7 Å². The predicted molar refractivity (Wildman–Crippen MR) is 79.9 cm³/mol. The average molecular weight is 295 g/mol. The number of aromatic amines is 1. The molecule has 21 heavy (non-hydrogen) atoms. The molecule has 3 rings (SSSR count). The molecule has 2 aromatic heterocycles. The maximum atomic E-state index is 11.4. The summed E-state index contributed by atoms with van der Waals surface area (Å²) < 4.78 is 0. The van der Waals surface area contributed by atoms with Gasteiger partial charge in [0.1, 0.15) is 16.9 Å². The van der Waals surface area contributed by atoms with E-state index in [1.807, 2.05) is 24.3 Å². The number of nitrogens with two attached hydrogens (primary N) is 1. The number of nitrogen functional groups attached to an aromatic ring is 1. The summed E-state index contributed by atoms with van der Waals surface area (Å²) in [7, 11) is 0. The van der Waals surface area contributed by atoms with Crippen LogP contribution in [0.15, 0.2) is 51.4 Å². The van der Waals surface area contributed by atoms with Gasteiger partial charge in [-0.05, 0) is 23.9 Å².